The Morgan fingerprint density at radius 1 is 1.04 bits per heavy atom. The summed E-state index contributed by atoms with van der Waals surface area (Å²) in [5.74, 6) is 0.981. The molecule has 2 N–H and O–H groups in total. The summed E-state index contributed by atoms with van der Waals surface area (Å²) in [5, 5.41) is 6.65. The molecular weight excluding hydrogens is 328 g/mol. The summed E-state index contributed by atoms with van der Waals surface area (Å²) in [6.07, 6.45) is 2.50. The van der Waals surface area contributed by atoms with Gasteiger partial charge in [0.15, 0.2) is 0 Å². The van der Waals surface area contributed by atoms with Crippen LogP contribution in [0.4, 0.5) is 4.79 Å². The van der Waals surface area contributed by atoms with Crippen molar-refractivity contribution in [2.45, 2.75) is 44.0 Å². The minimum absolute atomic E-state index is 0.186. The maximum Gasteiger partial charge on any atom is 0.407 e. The Hall–Kier alpha value is -2.53. The van der Waals surface area contributed by atoms with E-state index in [0.29, 0.717) is 18.7 Å². The Morgan fingerprint density at radius 3 is 2.65 bits per heavy atom. The zero-order valence-corrected chi connectivity index (χ0v) is 14.7. The lowest BCUT2D eigenvalue weighted by atomic mass is 9.85. The van der Waals surface area contributed by atoms with E-state index in [1.54, 1.807) is 0 Å². The monoisotopic (exact) mass is 352 g/mol. The number of benzene rings is 2. The molecule has 1 amide bonds. The molecule has 2 aromatic carbocycles. The van der Waals surface area contributed by atoms with Gasteiger partial charge in [-0.1, -0.05) is 48.5 Å². The number of rotatable bonds is 5. The molecule has 0 radical (unpaired) electrons. The molecule has 0 spiro atoms. The molecule has 136 valence electrons. The van der Waals surface area contributed by atoms with Gasteiger partial charge in [-0.3, -0.25) is 0 Å². The van der Waals surface area contributed by atoms with Gasteiger partial charge in [0.2, 0.25) is 0 Å². The molecule has 5 nitrogen and oxygen atoms in total. The Balaban J connectivity index is 1.20. The van der Waals surface area contributed by atoms with Crippen LogP contribution in [-0.2, 0) is 11.3 Å². The molecule has 2 aliphatic rings. The van der Waals surface area contributed by atoms with E-state index in [1.807, 2.05) is 42.5 Å². The number of fused-ring (bicyclic) bond motifs is 1. The van der Waals surface area contributed by atoms with Crippen LogP contribution in [0.5, 0.6) is 5.75 Å². The number of ether oxygens (including phenoxy) is 2. The minimum atomic E-state index is -0.339. The maximum absolute atomic E-state index is 11.9. The molecule has 1 fully saturated rings. The van der Waals surface area contributed by atoms with E-state index < -0.39 is 0 Å². The van der Waals surface area contributed by atoms with Gasteiger partial charge in [-0.2, -0.15) is 0 Å². The SMILES string of the molecule is O=C(NC1CC(NC2CCOc3ccccc32)C1)OCc1ccccc1. The molecule has 0 bridgehead atoms. The molecule has 5 heteroatoms. The van der Waals surface area contributed by atoms with Crippen molar-refractivity contribution >= 4 is 6.09 Å². The van der Waals surface area contributed by atoms with Crippen molar-refractivity contribution in [2.75, 3.05) is 6.61 Å². The fraction of sp³-hybridized carbons (Fsp3) is 0.381. The fourth-order valence-electron chi connectivity index (χ4n) is 3.60. The fourth-order valence-corrected chi connectivity index (χ4v) is 3.60. The van der Waals surface area contributed by atoms with Crippen LogP contribution in [0.2, 0.25) is 0 Å². The van der Waals surface area contributed by atoms with Crippen LogP contribution in [0.25, 0.3) is 0 Å². The zero-order valence-electron chi connectivity index (χ0n) is 14.7. The first-order chi connectivity index (χ1) is 12.8. The highest BCUT2D eigenvalue weighted by Gasteiger charge is 2.33. The van der Waals surface area contributed by atoms with Crippen LogP contribution in [0.1, 0.15) is 36.4 Å². The molecular formula is C21H24N2O3. The predicted molar refractivity (Wildman–Crippen MR) is 99.0 cm³/mol. The van der Waals surface area contributed by atoms with Gasteiger partial charge in [0.1, 0.15) is 12.4 Å². The van der Waals surface area contributed by atoms with Gasteiger partial charge in [-0.15, -0.1) is 0 Å². The molecule has 1 heterocycles. The number of hydrogen-bond acceptors (Lipinski definition) is 4. The topological polar surface area (TPSA) is 59.6 Å². The number of carbonyl (C=O) groups is 1. The van der Waals surface area contributed by atoms with Gasteiger partial charge in [-0.05, 0) is 24.5 Å². The van der Waals surface area contributed by atoms with E-state index in [9.17, 15) is 4.79 Å². The third-order valence-corrected chi connectivity index (χ3v) is 5.07. The second-order valence-corrected chi connectivity index (χ2v) is 6.97. The lowest BCUT2D eigenvalue weighted by Crippen LogP contribution is -2.53. The first kappa shape index (κ1) is 16.9. The summed E-state index contributed by atoms with van der Waals surface area (Å²) < 4.78 is 11.0. The second-order valence-electron chi connectivity index (χ2n) is 6.97. The second kappa shape index (κ2) is 7.79. The van der Waals surface area contributed by atoms with E-state index in [2.05, 4.69) is 22.8 Å². The summed E-state index contributed by atoms with van der Waals surface area (Å²) in [6, 6.07) is 18.9. The number of hydrogen-bond donors (Lipinski definition) is 2. The molecule has 0 saturated heterocycles. The van der Waals surface area contributed by atoms with Crippen LogP contribution in [0.15, 0.2) is 54.6 Å². The van der Waals surface area contributed by atoms with Crippen molar-refractivity contribution in [1.29, 1.82) is 0 Å². The maximum atomic E-state index is 11.9. The summed E-state index contributed by atoms with van der Waals surface area (Å²) in [5.41, 5.74) is 2.23. The molecule has 4 rings (SSSR count). The largest absolute Gasteiger partial charge is 0.493 e. The van der Waals surface area contributed by atoms with E-state index in [-0.39, 0.29) is 12.1 Å². The third-order valence-electron chi connectivity index (χ3n) is 5.07. The molecule has 1 aliphatic heterocycles. The van der Waals surface area contributed by atoms with Gasteiger partial charge in [0, 0.05) is 30.1 Å². The van der Waals surface area contributed by atoms with E-state index in [4.69, 9.17) is 9.47 Å². The van der Waals surface area contributed by atoms with Crippen molar-refractivity contribution < 1.29 is 14.3 Å². The van der Waals surface area contributed by atoms with Gasteiger partial charge >= 0.3 is 6.09 Å². The normalized spacial score (nSPS) is 23.9. The van der Waals surface area contributed by atoms with Gasteiger partial charge in [0.25, 0.3) is 0 Å². The van der Waals surface area contributed by atoms with Crippen LogP contribution in [-0.4, -0.2) is 24.8 Å². The Bertz CT molecular complexity index is 744. The Labute approximate surface area is 153 Å². The summed E-state index contributed by atoms with van der Waals surface area (Å²) in [4.78, 5) is 11.9. The van der Waals surface area contributed by atoms with Crippen LogP contribution in [0, 0.1) is 0 Å². The van der Waals surface area contributed by atoms with Crippen molar-refractivity contribution in [2.24, 2.45) is 0 Å². The average Bonchev–Trinajstić information content (AvgIpc) is 2.65. The average molecular weight is 352 g/mol. The molecule has 1 unspecified atom stereocenters. The van der Waals surface area contributed by atoms with Crippen LogP contribution >= 0.6 is 0 Å². The predicted octanol–water partition coefficient (Wildman–Crippen LogP) is 3.56. The first-order valence-corrected chi connectivity index (χ1v) is 9.23. The smallest absolute Gasteiger partial charge is 0.407 e. The lowest BCUT2D eigenvalue weighted by molar-refractivity contribution is 0.123. The molecule has 0 aromatic heterocycles. The quantitative estimate of drug-likeness (QED) is 0.864. The highest BCUT2D eigenvalue weighted by atomic mass is 16.5. The minimum Gasteiger partial charge on any atom is -0.493 e. The lowest BCUT2D eigenvalue weighted by Gasteiger charge is -2.39. The standard InChI is InChI=1S/C21H24N2O3/c24-21(26-14-15-6-2-1-3-7-15)23-17-12-16(13-17)22-19-10-11-25-20-9-5-4-8-18(19)20/h1-9,16-17,19,22H,10-14H2,(H,23,24). The third kappa shape index (κ3) is 3.99. The van der Waals surface area contributed by atoms with Crippen molar-refractivity contribution in [3.05, 3.63) is 65.7 Å². The molecule has 2 aromatic rings. The number of para-hydroxylation sites is 1. The number of carbonyl (C=O) groups excluding carboxylic acids is 1. The summed E-state index contributed by atoms with van der Waals surface area (Å²) >= 11 is 0. The van der Waals surface area contributed by atoms with Crippen LogP contribution in [0.3, 0.4) is 0 Å². The number of nitrogens with one attached hydrogen (secondary N) is 2. The van der Waals surface area contributed by atoms with Gasteiger partial charge in [-0.25, -0.2) is 4.79 Å². The Kier molecular flexibility index (Phi) is 5.07. The van der Waals surface area contributed by atoms with E-state index >= 15 is 0 Å². The van der Waals surface area contributed by atoms with Gasteiger partial charge in [0.05, 0.1) is 6.61 Å². The van der Waals surface area contributed by atoms with E-state index in [1.165, 1.54) is 5.56 Å². The Morgan fingerprint density at radius 2 is 1.81 bits per heavy atom. The van der Waals surface area contributed by atoms with Crippen molar-refractivity contribution in [1.82, 2.24) is 10.6 Å². The zero-order chi connectivity index (χ0) is 17.8. The molecule has 1 aliphatic carbocycles. The van der Waals surface area contributed by atoms with Crippen LogP contribution < -0.4 is 15.4 Å². The number of amides is 1. The van der Waals surface area contributed by atoms with Gasteiger partial charge < -0.3 is 20.1 Å². The molecule has 1 atom stereocenters. The molecule has 26 heavy (non-hydrogen) atoms. The molecule has 1 saturated carbocycles. The van der Waals surface area contributed by atoms with Crippen molar-refractivity contribution in [3.63, 3.8) is 0 Å². The number of alkyl carbamates (subject to hydrolysis) is 1. The summed E-state index contributed by atoms with van der Waals surface area (Å²) in [7, 11) is 0. The highest BCUT2D eigenvalue weighted by molar-refractivity contribution is 5.67. The van der Waals surface area contributed by atoms with E-state index in [0.717, 1.165) is 37.2 Å². The summed E-state index contributed by atoms with van der Waals surface area (Å²) in [6.45, 7) is 1.05. The highest BCUT2D eigenvalue weighted by Crippen LogP contribution is 2.33. The first-order valence-electron chi connectivity index (χ1n) is 9.23. The van der Waals surface area contributed by atoms with Crippen molar-refractivity contribution in [3.8, 4) is 5.75 Å².